The number of hydrogen-bond donors (Lipinski definition) is 1. The molecule has 0 amide bonds. The molecule has 1 N–H and O–H groups in total. The fourth-order valence-corrected chi connectivity index (χ4v) is 3.04. The third kappa shape index (κ3) is 7.21. The number of nitrogens with one attached hydrogen (secondary N) is 1. The molecule has 0 aliphatic rings. The van der Waals surface area contributed by atoms with Crippen molar-refractivity contribution < 1.29 is 27.4 Å². The van der Waals surface area contributed by atoms with Crippen LogP contribution in [0.3, 0.4) is 0 Å². The van der Waals surface area contributed by atoms with Gasteiger partial charge in [0, 0.05) is 39.1 Å². The lowest BCUT2D eigenvalue weighted by Gasteiger charge is -2.09. The maximum atomic E-state index is 12.3. The van der Waals surface area contributed by atoms with Crippen molar-refractivity contribution >= 4 is 34.7 Å². The molecule has 3 aromatic carbocycles. The molecule has 0 fully saturated rings. The molecular weight excluding hydrogens is 466 g/mol. The van der Waals surface area contributed by atoms with E-state index in [1.807, 2.05) is 0 Å². The predicted octanol–water partition coefficient (Wildman–Crippen LogP) is 7.28. The summed E-state index contributed by atoms with van der Waals surface area (Å²) < 4.78 is 46.0. The predicted molar refractivity (Wildman–Crippen MR) is 117 cm³/mol. The van der Waals surface area contributed by atoms with Crippen LogP contribution in [-0.4, -0.2) is 12.1 Å². The van der Waals surface area contributed by atoms with Gasteiger partial charge < -0.3 is 14.8 Å². The molecule has 0 radical (unpaired) electrons. The average molecular weight is 482 g/mol. The monoisotopic (exact) mass is 481 g/mol. The van der Waals surface area contributed by atoms with Crippen LogP contribution in [0.25, 0.3) is 0 Å². The third-order valence-corrected chi connectivity index (χ3v) is 4.71. The van der Waals surface area contributed by atoms with Crippen molar-refractivity contribution in [3.63, 3.8) is 0 Å². The van der Waals surface area contributed by atoms with Gasteiger partial charge in [0.05, 0.1) is 0 Å². The molecule has 32 heavy (non-hydrogen) atoms. The zero-order chi connectivity index (χ0) is 23.1. The number of allylic oxidation sites excluding steroid dienone is 1. The molecule has 166 valence electrons. The van der Waals surface area contributed by atoms with E-state index in [1.165, 1.54) is 36.5 Å². The summed E-state index contributed by atoms with van der Waals surface area (Å²) in [6, 6.07) is 16.8. The summed E-state index contributed by atoms with van der Waals surface area (Å²) in [6.07, 6.45) is -2.04. The first-order chi connectivity index (χ1) is 15.2. The van der Waals surface area contributed by atoms with Crippen molar-refractivity contribution in [1.29, 1.82) is 0 Å². The van der Waals surface area contributed by atoms with Gasteiger partial charge in [0.1, 0.15) is 18.1 Å². The fourth-order valence-electron chi connectivity index (χ4n) is 2.58. The van der Waals surface area contributed by atoms with Crippen LogP contribution in [0, 0.1) is 0 Å². The Bertz CT molecular complexity index is 1100. The van der Waals surface area contributed by atoms with E-state index in [2.05, 4.69) is 10.1 Å². The maximum absolute atomic E-state index is 12.3. The third-order valence-electron chi connectivity index (χ3n) is 4.12. The molecule has 0 heterocycles. The van der Waals surface area contributed by atoms with Gasteiger partial charge in [-0.3, -0.25) is 4.79 Å². The highest BCUT2D eigenvalue weighted by molar-refractivity contribution is 6.35. The Morgan fingerprint density at radius 3 is 2.22 bits per heavy atom. The second kappa shape index (κ2) is 10.4. The first kappa shape index (κ1) is 23.5. The number of alkyl halides is 3. The lowest BCUT2D eigenvalue weighted by Crippen LogP contribution is -2.16. The van der Waals surface area contributed by atoms with E-state index in [-0.39, 0.29) is 18.1 Å². The molecule has 0 aromatic heterocycles. The molecule has 0 saturated heterocycles. The topological polar surface area (TPSA) is 47.6 Å². The van der Waals surface area contributed by atoms with Gasteiger partial charge in [-0.05, 0) is 60.7 Å². The Labute approximate surface area is 192 Å². The quantitative estimate of drug-likeness (QED) is 0.271. The van der Waals surface area contributed by atoms with E-state index in [0.29, 0.717) is 27.0 Å². The number of carbonyl (C=O) groups is 1. The second-order valence-corrected chi connectivity index (χ2v) is 7.31. The minimum Gasteiger partial charge on any atom is -0.489 e. The van der Waals surface area contributed by atoms with Gasteiger partial charge in [-0.15, -0.1) is 13.2 Å². The summed E-state index contributed by atoms with van der Waals surface area (Å²) in [6.45, 7) is 0.250. The molecule has 4 nitrogen and oxygen atoms in total. The Balaban J connectivity index is 1.51. The fraction of sp³-hybridized carbons (Fsp3) is 0.0870. The average Bonchev–Trinajstić information content (AvgIpc) is 2.73. The number of anilines is 1. The lowest BCUT2D eigenvalue weighted by molar-refractivity contribution is -0.274. The van der Waals surface area contributed by atoms with Crippen LogP contribution >= 0.6 is 23.2 Å². The molecule has 0 spiro atoms. The van der Waals surface area contributed by atoms with Crippen molar-refractivity contribution in [3.05, 3.63) is 100 Å². The van der Waals surface area contributed by atoms with Crippen LogP contribution in [0.4, 0.5) is 18.9 Å². The molecule has 0 aliphatic carbocycles. The highest BCUT2D eigenvalue weighted by atomic mass is 35.5. The number of ketones is 1. The van der Waals surface area contributed by atoms with Gasteiger partial charge in [-0.25, -0.2) is 0 Å². The SMILES string of the molecule is O=C(/C=C/Nc1ccc(OC(F)(F)F)cc1)c1ccc(OCc2ccc(Cl)cc2Cl)cc1. The van der Waals surface area contributed by atoms with Crippen molar-refractivity contribution in [2.45, 2.75) is 13.0 Å². The summed E-state index contributed by atoms with van der Waals surface area (Å²) in [5, 5.41) is 3.85. The molecule has 0 saturated carbocycles. The summed E-state index contributed by atoms with van der Waals surface area (Å²) in [5.41, 5.74) is 1.71. The number of hydrogen-bond acceptors (Lipinski definition) is 4. The zero-order valence-corrected chi connectivity index (χ0v) is 17.8. The van der Waals surface area contributed by atoms with E-state index in [0.717, 1.165) is 5.56 Å². The van der Waals surface area contributed by atoms with Gasteiger partial charge in [0.15, 0.2) is 5.78 Å². The Morgan fingerprint density at radius 1 is 0.938 bits per heavy atom. The molecule has 0 bridgehead atoms. The number of ether oxygens (including phenoxy) is 2. The lowest BCUT2D eigenvalue weighted by atomic mass is 10.1. The molecule has 0 aliphatic heterocycles. The zero-order valence-electron chi connectivity index (χ0n) is 16.3. The summed E-state index contributed by atoms with van der Waals surface area (Å²) in [5.74, 6) is -0.0265. The van der Waals surface area contributed by atoms with Crippen molar-refractivity contribution in [3.8, 4) is 11.5 Å². The molecule has 0 atom stereocenters. The molecule has 0 unspecified atom stereocenters. The van der Waals surface area contributed by atoms with Gasteiger partial charge >= 0.3 is 6.36 Å². The first-order valence-electron chi connectivity index (χ1n) is 9.20. The van der Waals surface area contributed by atoms with Crippen LogP contribution in [0.2, 0.25) is 10.0 Å². The summed E-state index contributed by atoms with van der Waals surface area (Å²) in [4.78, 5) is 12.3. The van der Waals surface area contributed by atoms with Crippen molar-refractivity contribution in [1.82, 2.24) is 0 Å². The molecule has 3 rings (SSSR count). The van der Waals surface area contributed by atoms with E-state index >= 15 is 0 Å². The van der Waals surface area contributed by atoms with E-state index in [1.54, 1.807) is 42.5 Å². The van der Waals surface area contributed by atoms with Crippen molar-refractivity contribution in [2.75, 3.05) is 5.32 Å². The van der Waals surface area contributed by atoms with Gasteiger partial charge in [0.2, 0.25) is 0 Å². The number of halogens is 5. The van der Waals surface area contributed by atoms with E-state index < -0.39 is 6.36 Å². The van der Waals surface area contributed by atoms with Crippen LogP contribution in [-0.2, 0) is 6.61 Å². The molecule has 3 aromatic rings. The highest BCUT2D eigenvalue weighted by Crippen LogP contribution is 2.24. The summed E-state index contributed by atoms with van der Waals surface area (Å²) >= 11 is 12.0. The van der Waals surface area contributed by atoms with Crippen molar-refractivity contribution in [2.24, 2.45) is 0 Å². The minimum absolute atomic E-state index is 0.250. The van der Waals surface area contributed by atoms with E-state index in [9.17, 15) is 18.0 Å². The Morgan fingerprint density at radius 2 is 1.59 bits per heavy atom. The summed E-state index contributed by atoms with van der Waals surface area (Å²) in [7, 11) is 0. The molecular formula is C23H16Cl2F3NO3. The van der Waals surface area contributed by atoms with E-state index in [4.69, 9.17) is 27.9 Å². The highest BCUT2D eigenvalue weighted by Gasteiger charge is 2.30. The van der Waals surface area contributed by atoms with Crippen LogP contribution < -0.4 is 14.8 Å². The van der Waals surface area contributed by atoms with Crippen LogP contribution in [0.15, 0.2) is 79.0 Å². The van der Waals surface area contributed by atoms with Gasteiger partial charge in [-0.2, -0.15) is 0 Å². The standard InChI is InChI=1S/C23H16Cl2F3NO3/c24-17-4-1-16(21(25)13-17)14-31-19-7-2-15(3-8-19)22(30)11-12-29-18-5-9-20(10-6-18)32-23(26,27)28/h1-13,29H,14H2/b12-11+. The second-order valence-electron chi connectivity index (χ2n) is 6.46. The minimum atomic E-state index is -4.75. The maximum Gasteiger partial charge on any atom is 0.573 e. The molecule has 9 heteroatoms. The smallest absolute Gasteiger partial charge is 0.489 e. The Kier molecular flexibility index (Phi) is 7.66. The Hall–Kier alpha value is -3.16. The van der Waals surface area contributed by atoms with Gasteiger partial charge in [-0.1, -0.05) is 29.3 Å². The first-order valence-corrected chi connectivity index (χ1v) is 9.95. The number of rotatable bonds is 8. The van der Waals surface area contributed by atoms with Crippen LogP contribution in [0.1, 0.15) is 15.9 Å². The normalized spacial score (nSPS) is 11.4. The van der Waals surface area contributed by atoms with Crippen LogP contribution in [0.5, 0.6) is 11.5 Å². The number of carbonyl (C=O) groups excluding carboxylic acids is 1. The number of benzene rings is 3. The largest absolute Gasteiger partial charge is 0.573 e. The van der Waals surface area contributed by atoms with Gasteiger partial charge in [0.25, 0.3) is 0 Å².